The minimum absolute atomic E-state index is 0.0442. The molecular weight excluding hydrogens is 278 g/mol. The van der Waals surface area contributed by atoms with Gasteiger partial charge in [-0.2, -0.15) is 0 Å². The molecule has 3 rings (SSSR count). The quantitative estimate of drug-likeness (QED) is 0.691. The van der Waals surface area contributed by atoms with Gasteiger partial charge < -0.3 is 9.72 Å². The van der Waals surface area contributed by atoms with Gasteiger partial charge in [-0.05, 0) is 24.8 Å². The summed E-state index contributed by atoms with van der Waals surface area (Å²) < 4.78 is 5.60. The lowest BCUT2D eigenvalue weighted by Crippen LogP contribution is -2.19. The van der Waals surface area contributed by atoms with Crippen molar-refractivity contribution >= 4 is 22.5 Å². The average Bonchev–Trinajstić information content (AvgIpc) is 2.95. The van der Waals surface area contributed by atoms with Crippen molar-refractivity contribution in [1.82, 2.24) is 4.98 Å². The van der Waals surface area contributed by atoms with Gasteiger partial charge in [0, 0.05) is 17.3 Å². The molecule has 0 saturated heterocycles. The topological polar surface area (TPSA) is 59.2 Å². The Morgan fingerprint density at radius 1 is 1.36 bits per heavy atom. The van der Waals surface area contributed by atoms with E-state index >= 15 is 0 Å². The van der Waals surface area contributed by atoms with Crippen LogP contribution >= 0.6 is 0 Å². The van der Waals surface area contributed by atoms with Crippen LogP contribution in [0.3, 0.4) is 0 Å². The maximum absolute atomic E-state index is 13.0. The normalized spacial score (nSPS) is 20.5. The minimum Gasteiger partial charge on any atom is -0.479 e. The average molecular weight is 299 g/mol. The third kappa shape index (κ3) is 2.43. The van der Waals surface area contributed by atoms with Crippen LogP contribution in [0.2, 0.25) is 0 Å². The molecule has 1 unspecified atom stereocenters. The fraction of sp³-hybridized carbons (Fsp3) is 0.444. The molecule has 0 bridgehead atoms. The molecule has 0 amide bonds. The standard InChI is InChI=1S/C18H21NO3/c1-4-22-17-15(11-7-5-6-8-13(11)19-17)16(21)12-9-18(2,3)10-14(12)20/h5-8,12,19H,4,9-10H2,1-3H3. The lowest BCUT2D eigenvalue weighted by atomic mass is 9.88. The third-order valence-corrected chi connectivity index (χ3v) is 4.32. The molecule has 0 aliphatic heterocycles. The van der Waals surface area contributed by atoms with Crippen molar-refractivity contribution in [2.24, 2.45) is 11.3 Å². The zero-order chi connectivity index (χ0) is 15.9. The molecule has 0 spiro atoms. The number of ether oxygens (including phenoxy) is 1. The number of carbonyl (C=O) groups is 2. The van der Waals surface area contributed by atoms with E-state index < -0.39 is 5.92 Å². The van der Waals surface area contributed by atoms with E-state index in [4.69, 9.17) is 4.74 Å². The molecule has 4 heteroatoms. The number of aromatic nitrogens is 1. The van der Waals surface area contributed by atoms with Crippen LogP contribution in [-0.4, -0.2) is 23.2 Å². The van der Waals surface area contributed by atoms with Crippen molar-refractivity contribution in [3.8, 4) is 5.88 Å². The van der Waals surface area contributed by atoms with Crippen molar-refractivity contribution in [3.63, 3.8) is 0 Å². The number of nitrogens with one attached hydrogen (secondary N) is 1. The number of Topliss-reactive ketones (excluding diaryl/α,β-unsaturated/α-hetero) is 2. The number of fused-ring (bicyclic) bond motifs is 1. The first-order valence-electron chi connectivity index (χ1n) is 7.73. The summed E-state index contributed by atoms with van der Waals surface area (Å²) >= 11 is 0. The van der Waals surface area contributed by atoms with Gasteiger partial charge >= 0.3 is 0 Å². The highest BCUT2D eigenvalue weighted by Gasteiger charge is 2.43. The van der Waals surface area contributed by atoms with E-state index in [-0.39, 0.29) is 17.0 Å². The van der Waals surface area contributed by atoms with Gasteiger partial charge in [0.15, 0.2) is 5.78 Å². The summed E-state index contributed by atoms with van der Waals surface area (Å²) in [5, 5.41) is 0.827. The van der Waals surface area contributed by atoms with E-state index in [1.165, 1.54) is 0 Å². The molecule has 4 nitrogen and oxygen atoms in total. The minimum atomic E-state index is -0.548. The molecule has 1 saturated carbocycles. The van der Waals surface area contributed by atoms with Crippen LogP contribution in [0.1, 0.15) is 44.0 Å². The zero-order valence-electron chi connectivity index (χ0n) is 13.2. The van der Waals surface area contributed by atoms with Gasteiger partial charge in [-0.25, -0.2) is 0 Å². The number of H-pyrrole nitrogens is 1. The first-order chi connectivity index (χ1) is 10.4. The van der Waals surface area contributed by atoms with E-state index in [1.807, 2.05) is 45.0 Å². The van der Waals surface area contributed by atoms with Crippen LogP contribution in [0.15, 0.2) is 24.3 Å². The predicted molar refractivity (Wildman–Crippen MR) is 85.3 cm³/mol. The molecule has 1 aromatic heterocycles. The van der Waals surface area contributed by atoms with E-state index in [9.17, 15) is 9.59 Å². The summed E-state index contributed by atoms with van der Waals surface area (Å²) in [5.41, 5.74) is 1.28. The van der Waals surface area contributed by atoms with Crippen molar-refractivity contribution in [3.05, 3.63) is 29.8 Å². The highest BCUT2D eigenvalue weighted by molar-refractivity contribution is 6.18. The van der Waals surface area contributed by atoms with E-state index in [1.54, 1.807) is 0 Å². The highest BCUT2D eigenvalue weighted by Crippen LogP contribution is 2.42. The van der Waals surface area contributed by atoms with Crippen LogP contribution in [0.25, 0.3) is 10.9 Å². The summed E-state index contributed by atoms with van der Waals surface area (Å²) in [6.45, 7) is 6.43. The first kappa shape index (κ1) is 14.8. The number of aromatic amines is 1. The SMILES string of the molecule is CCOc1[nH]c2ccccc2c1C(=O)C1CC(C)(C)CC1=O. The van der Waals surface area contributed by atoms with Crippen molar-refractivity contribution in [2.75, 3.05) is 6.61 Å². The number of hydrogen-bond acceptors (Lipinski definition) is 3. The Bertz CT molecular complexity index is 742. The molecule has 0 radical (unpaired) electrons. The third-order valence-electron chi connectivity index (χ3n) is 4.32. The number of hydrogen-bond donors (Lipinski definition) is 1. The van der Waals surface area contributed by atoms with Crippen LogP contribution in [0, 0.1) is 11.3 Å². The zero-order valence-corrected chi connectivity index (χ0v) is 13.2. The lowest BCUT2D eigenvalue weighted by molar-refractivity contribution is -0.119. The first-order valence-corrected chi connectivity index (χ1v) is 7.73. The molecule has 1 atom stereocenters. The second-order valence-electron chi connectivity index (χ2n) is 6.74. The van der Waals surface area contributed by atoms with Crippen LogP contribution in [-0.2, 0) is 4.79 Å². The van der Waals surface area contributed by atoms with Crippen molar-refractivity contribution in [2.45, 2.75) is 33.6 Å². The van der Waals surface area contributed by atoms with Crippen molar-refractivity contribution < 1.29 is 14.3 Å². The van der Waals surface area contributed by atoms with Gasteiger partial charge in [0.1, 0.15) is 5.78 Å². The fourth-order valence-electron chi connectivity index (χ4n) is 3.36. The van der Waals surface area contributed by atoms with E-state index in [0.717, 1.165) is 10.9 Å². The monoisotopic (exact) mass is 299 g/mol. The second-order valence-corrected chi connectivity index (χ2v) is 6.74. The number of carbonyl (C=O) groups excluding carboxylic acids is 2. The Labute approximate surface area is 129 Å². The Kier molecular flexibility index (Phi) is 3.55. The highest BCUT2D eigenvalue weighted by atomic mass is 16.5. The lowest BCUT2D eigenvalue weighted by Gasteiger charge is -2.15. The van der Waals surface area contributed by atoms with Gasteiger partial charge in [-0.1, -0.05) is 32.0 Å². The molecule has 1 aliphatic carbocycles. The summed E-state index contributed by atoms with van der Waals surface area (Å²) in [4.78, 5) is 28.4. The van der Waals surface area contributed by atoms with Crippen LogP contribution in [0.5, 0.6) is 5.88 Å². The molecule has 1 aromatic carbocycles. The molecular formula is C18H21NO3. The van der Waals surface area contributed by atoms with E-state index in [0.29, 0.717) is 30.9 Å². The van der Waals surface area contributed by atoms with Crippen molar-refractivity contribution in [1.29, 1.82) is 0 Å². The smallest absolute Gasteiger partial charge is 0.203 e. The Morgan fingerprint density at radius 2 is 2.09 bits per heavy atom. The largest absolute Gasteiger partial charge is 0.479 e. The summed E-state index contributed by atoms with van der Waals surface area (Å²) in [5.74, 6) is -0.140. The Morgan fingerprint density at radius 3 is 2.73 bits per heavy atom. The molecule has 1 heterocycles. The van der Waals surface area contributed by atoms with Gasteiger partial charge in [-0.15, -0.1) is 0 Å². The Hall–Kier alpha value is -2.10. The van der Waals surface area contributed by atoms with Gasteiger partial charge in [0.2, 0.25) is 5.88 Å². The second kappa shape index (κ2) is 5.27. The van der Waals surface area contributed by atoms with Crippen LogP contribution < -0.4 is 4.74 Å². The molecule has 1 aliphatic rings. The molecule has 116 valence electrons. The molecule has 22 heavy (non-hydrogen) atoms. The van der Waals surface area contributed by atoms with Crippen LogP contribution in [0.4, 0.5) is 0 Å². The molecule has 2 aromatic rings. The number of rotatable bonds is 4. The summed E-state index contributed by atoms with van der Waals surface area (Å²) in [6.07, 6.45) is 1.07. The predicted octanol–water partition coefficient (Wildman–Crippen LogP) is 3.75. The van der Waals surface area contributed by atoms with E-state index in [2.05, 4.69) is 4.98 Å². The molecule has 1 fully saturated rings. The Balaban J connectivity index is 2.07. The number of ketones is 2. The number of para-hydroxylation sites is 1. The summed E-state index contributed by atoms with van der Waals surface area (Å²) in [6, 6.07) is 7.61. The molecule has 1 N–H and O–H groups in total. The maximum atomic E-state index is 13.0. The van der Waals surface area contributed by atoms with Gasteiger partial charge in [0.05, 0.1) is 18.1 Å². The fourth-order valence-corrected chi connectivity index (χ4v) is 3.36. The maximum Gasteiger partial charge on any atom is 0.203 e. The van der Waals surface area contributed by atoms with Gasteiger partial charge in [0.25, 0.3) is 0 Å². The number of benzene rings is 1. The van der Waals surface area contributed by atoms with Gasteiger partial charge in [-0.3, -0.25) is 9.59 Å². The summed E-state index contributed by atoms with van der Waals surface area (Å²) in [7, 11) is 0.